The Labute approximate surface area is 122 Å². The number of pyridine rings is 1. The van der Waals surface area contributed by atoms with E-state index in [-0.39, 0.29) is 5.91 Å². The summed E-state index contributed by atoms with van der Waals surface area (Å²) in [5, 5.41) is 2.90. The zero-order chi connectivity index (χ0) is 15.0. The normalized spacial score (nSPS) is 10.7. The van der Waals surface area contributed by atoms with Gasteiger partial charge in [0.15, 0.2) is 0 Å². The van der Waals surface area contributed by atoms with E-state index in [9.17, 15) is 4.79 Å². The average molecular weight is 277 g/mol. The first-order valence-electron chi connectivity index (χ1n) is 7.50. The van der Waals surface area contributed by atoms with Crippen LogP contribution in [0.4, 0.5) is 5.69 Å². The number of amides is 1. The van der Waals surface area contributed by atoms with Gasteiger partial charge in [0.1, 0.15) is 5.69 Å². The van der Waals surface area contributed by atoms with Crippen molar-refractivity contribution in [1.29, 1.82) is 0 Å². The first-order chi connectivity index (χ1) is 9.54. The van der Waals surface area contributed by atoms with Crippen LogP contribution in [0.15, 0.2) is 18.3 Å². The molecule has 0 spiro atoms. The molecule has 0 bridgehead atoms. The Morgan fingerprint density at radius 1 is 1.40 bits per heavy atom. The van der Waals surface area contributed by atoms with E-state index < -0.39 is 0 Å². The third-order valence-corrected chi connectivity index (χ3v) is 3.28. The van der Waals surface area contributed by atoms with E-state index >= 15 is 0 Å². The predicted octanol–water partition coefficient (Wildman–Crippen LogP) is 3.09. The topological polar surface area (TPSA) is 45.2 Å². The molecule has 1 aromatic heterocycles. The SMILES string of the molecule is CCCCN(C)c1ccc(C(=O)NCCC(C)C)nc1. The van der Waals surface area contributed by atoms with E-state index in [1.165, 1.54) is 6.42 Å². The molecule has 0 unspecified atom stereocenters. The summed E-state index contributed by atoms with van der Waals surface area (Å²) in [6, 6.07) is 3.75. The van der Waals surface area contributed by atoms with Crippen LogP contribution in [0, 0.1) is 5.92 Å². The van der Waals surface area contributed by atoms with E-state index in [4.69, 9.17) is 0 Å². The number of hydrogen-bond acceptors (Lipinski definition) is 3. The second-order valence-corrected chi connectivity index (χ2v) is 5.62. The number of hydrogen-bond donors (Lipinski definition) is 1. The van der Waals surface area contributed by atoms with Crippen LogP contribution in [0.25, 0.3) is 0 Å². The summed E-state index contributed by atoms with van der Waals surface area (Å²) in [5.41, 5.74) is 1.54. The molecule has 1 amide bonds. The van der Waals surface area contributed by atoms with Crippen LogP contribution in [0.5, 0.6) is 0 Å². The molecule has 20 heavy (non-hydrogen) atoms. The standard InChI is InChI=1S/C16H27N3O/c1-5-6-11-19(4)14-7-8-15(18-12-14)16(20)17-10-9-13(2)3/h7-8,12-13H,5-6,9-11H2,1-4H3,(H,17,20). The van der Waals surface area contributed by atoms with Gasteiger partial charge in [-0.2, -0.15) is 0 Å². The maximum atomic E-state index is 11.9. The van der Waals surface area contributed by atoms with Gasteiger partial charge in [-0.15, -0.1) is 0 Å². The number of nitrogens with zero attached hydrogens (tertiary/aromatic N) is 2. The van der Waals surface area contributed by atoms with Gasteiger partial charge < -0.3 is 10.2 Å². The second-order valence-electron chi connectivity index (χ2n) is 5.62. The summed E-state index contributed by atoms with van der Waals surface area (Å²) in [6.45, 7) is 8.18. The van der Waals surface area contributed by atoms with Crippen molar-refractivity contribution in [1.82, 2.24) is 10.3 Å². The van der Waals surface area contributed by atoms with E-state index in [1.807, 2.05) is 6.07 Å². The number of carbonyl (C=O) groups is 1. The molecule has 0 radical (unpaired) electrons. The summed E-state index contributed by atoms with van der Waals surface area (Å²) < 4.78 is 0. The number of unbranched alkanes of at least 4 members (excludes halogenated alkanes) is 1. The van der Waals surface area contributed by atoms with Crippen LogP contribution in [-0.4, -0.2) is 31.0 Å². The molecule has 0 aliphatic heterocycles. The van der Waals surface area contributed by atoms with Gasteiger partial charge in [0, 0.05) is 20.1 Å². The molecule has 0 aliphatic carbocycles. The maximum absolute atomic E-state index is 11.9. The van der Waals surface area contributed by atoms with Crippen molar-refractivity contribution in [3.05, 3.63) is 24.0 Å². The molecule has 1 N–H and O–H groups in total. The lowest BCUT2D eigenvalue weighted by Crippen LogP contribution is -2.26. The molecule has 1 aromatic rings. The summed E-state index contributed by atoms with van der Waals surface area (Å²) in [5.74, 6) is 0.506. The van der Waals surface area contributed by atoms with Crippen molar-refractivity contribution in [2.24, 2.45) is 5.92 Å². The van der Waals surface area contributed by atoms with Crippen LogP contribution in [-0.2, 0) is 0 Å². The number of anilines is 1. The molecule has 1 heterocycles. The Hall–Kier alpha value is -1.58. The molecule has 112 valence electrons. The van der Waals surface area contributed by atoms with Crippen LogP contribution in [0.2, 0.25) is 0 Å². The zero-order valence-corrected chi connectivity index (χ0v) is 13.1. The van der Waals surface area contributed by atoms with E-state index in [1.54, 1.807) is 12.3 Å². The van der Waals surface area contributed by atoms with Gasteiger partial charge in [-0.3, -0.25) is 4.79 Å². The summed E-state index contributed by atoms with van der Waals surface area (Å²) in [6.07, 6.45) is 5.10. The van der Waals surface area contributed by atoms with Gasteiger partial charge in [0.25, 0.3) is 5.91 Å². The lowest BCUT2D eigenvalue weighted by molar-refractivity contribution is 0.0947. The summed E-state index contributed by atoms with van der Waals surface area (Å²) in [7, 11) is 2.05. The highest BCUT2D eigenvalue weighted by Crippen LogP contribution is 2.12. The molecule has 4 heteroatoms. The number of rotatable bonds is 8. The first kappa shape index (κ1) is 16.5. The van der Waals surface area contributed by atoms with Gasteiger partial charge in [-0.05, 0) is 30.9 Å². The fourth-order valence-electron chi connectivity index (χ4n) is 1.84. The number of nitrogens with one attached hydrogen (secondary N) is 1. The van der Waals surface area contributed by atoms with Crippen molar-refractivity contribution in [3.63, 3.8) is 0 Å². The van der Waals surface area contributed by atoms with Crippen molar-refractivity contribution >= 4 is 11.6 Å². The Kier molecular flexibility index (Phi) is 7.05. The minimum atomic E-state index is -0.0894. The minimum absolute atomic E-state index is 0.0894. The molecule has 0 aromatic carbocycles. The van der Waals surface area contributed by atoms with E-state index in [0.717, 1.165) is 25.1 Å². The number of carbonyl (C=O) groups excluding carboxylic acids is 1. The van der Waals surface area contributed by atoms with E-state index in [2.05, 4.69) is 43.0 Å². The quantitative estimate of drug-likeness (QED) is 0.794. The fraction of sp³-hybridized carbons (Fsp3) is 0.625. The summed E-state index contributed by atoms with van der Waals surface area (Å²) in [4.78, 5) is 18.3. The average Bonchev–Trinajstić information content (AvgIpc) is 2.44. The third kappa shape index (κ3) is 5.59. The predicted molar refractivity (Wildman–Crippen MR) is 84.2 cm³/mol. The highest BCUT2D eigenvalue weighted by molar-refractivity contribution is 5.92. The second kappa shape index (κ2) is 8.56. The molecule has 0 fully saturated rings. The van der Waals surface area contributed by atoms with Crippen molar-refractivity contribution < 1.29 is 4.79 Å². The highest BCUT2D eigenvalue weighted by Gasteiger charge is 2.08. The fourth-order valence-corrected chi connectivity index (χ4v) is 1.84. The van der Waals surface area contributed by atoms with Crippen LogP contribution in [0.3, 0.4) is 0 Å². The van der Waals surface area contributed by atoms with Gasteiger partial charge in [-0.25, -0.2) is 4.98 Å². The summed E-state index contributed by atoms with van der Waals surface area (Å²) >= 11 is 0. The van der Waals surface area contributed by atoms with Crippen molar-refractivity contribution in [2.45, 2.75) is 40.0 Å². The van der Waals surface area contributed by atoms with E-state index in [0.29, 0.717) is 18.2 Å². The molecule has 0 atom stereocenters. The number of aromatic nitrogens is 1. The molecule has 0 saturated carbocycles. The van der Waals surface area contributed by atoms with Gasteiger partial charge in [0.2, 0.25) is 0 Å². The van der Waals surface area contributed by atoms with Crippen molar-refractivity contribution in [2.75, 3.05) is 25.0 Å². The lowest BCUT2D eigenvalue weighted by Gasteiger charge is -2.18. The molecule has 0 saturated heterocycles. The monoisotopic (exact) mass is 277 g/mol. The largest absolute Gasteiger partial charge is 0.373 e. The maximum Gasteiger partial charge on any atom is 0.269 e. The van der Waals surface area contributed by atoms with Crippen LogP contribution >= 0.6 is 0 Å². The van der Waals surface area contributed by atoms with Gasteiger partial charge in [-0.1, -0.05) is 27.2 Å². The molecule has 4 nitrogen and oxygen atoms in total. The molecular weight excluding hydrogens is 250 g/mol. The molecule has 1 rings (SSSR count). The minimum Gasteiger partial charge on any atom is -0.373 e. The Bertz CT molecular complexity index is 401. The zero-order valence-electron chi connectivity index (χ0n) is 13.1. The Morgan fingerprint density at radius 2 is 2.15 bits per heavy atom. The molecule has 0 aliphatic rings. The lowest BCUT2D eigenvalue weighted by atomic mass is 10.1. The van der Waals surface area contributed by atoms with Gasteiger partial charge in [0.05, 0.1) is 11.9 Å². The van der Waals surface area contributed by atoms with Crippen molar-refractivity contribution in [3.8, 4) is 0 Å². The highest BCUT2D eigenvalue weighted by atomic mass is 16.1. The van der Waals surface area contributed by atoms with Gasteiger partial charge >= 0.3 is 0 Å². The van der Waals surface area contributed by atoms with Crippen LogP contribution in [0.1, 0.15) is 50.5 Å². The smallest absolute Gasteiger partial charge is 0.269 e. The first-order valence-corrected chi connectivity index (χ1v) is 7.50. The third-order valence-electron chi connectivity index (χ3n) is 3.28. The Morgan fingerprint density at radius 3 is 2.70 bits per heavy atom. The van der Waals surface area contributed by atoms with Crippen LogP contribution < -0.4 is 10.2 Å². The molecular formula is C16H27N3O. The Balaban J connectivity index is 2.50.